The van der Waals surface area contributed by atoms with Crippen LogP contribution < -0.4 is 4.74 Å². The molecule has 0 N–H and O–H groups in total. The zero-order valence-corrected chi connectivity index (χ0v) is 9.41. The van der Waals surface area contributed by atoms with Gasteiger partial charge in [0, 0.05) is 25.4 Å². The summed E-state index contributed by atoms with van der Waals surface area (Å²) in [5.74, 6) is -0.302. The Hall–Kier alpha value is -1.79. The van der Waals surface area contributed by atoms with Crippen molar-refractivity contribution in [2.45, 2.75) is 12.6 Å². The first kappa shape index (κ1) is 12.7. The maximum absolute atomic E-state index is 11.9. The highest BCUT2D eigenvalue weighted by Crippen LogP contribution is 2.18. The van der Waals surface area contributed by atoms with E-state index in [9.17, 15) is 18.0 Å². The maximum Gasteiger partial charge on any atom is 0.422 e. The largest absolute Gasteiger partial charge is 0.468 e. The van der Waals surface area contributed by atoms with Crippen LogP contribution in [0.25, 0.3) is 0 Å². The zero-order chi connectivity index (χ0) is 13.2. The van der Waals surface area contributed by atoms with Gasteiger partial charge in [0.25, 0.3) is 5.91 Å². The first-order chi connectivity index (χ1) is 8.46. The van der Waals surface area contributed by atoms with E-state index >= 15 is 0 Å². The molecule has 1 fully saturated rings. The summed E-state index contributed by atoms with van der Waals surface area (Å²) in [6.07, 6.45) is -2.19. The molecule has 2 rings (SSSR count). The average molecular weight is 260 g/mol. The van der Waals surface area contributed by atoms with E-state index in [0.717, 1.165) is 6.42 Å². The molecule has 0 spiro atoms. The number of hydrogen-bond acceptors (Lipinski definition) is 3. The summed E-state index contributed by atoms with van der Waals surface area (Å²) in [6, 6.07) is 2.68. The third kappa shape index (κ3) is 3.12. The molecular weight excluding hydrogens is 249 g/mol. The third-order valence-corrected chi connectivity index (χ3v) is 2.51. The van der Waals surface area contributed by atoms with Crippen LogP contribution in [-0.4, -0.2) is 41.7 Å². The molecule has 0 bridgehead atoms. The van der Waals surface area contributed by atoms with Crippen molar-refractivity contribution >= 4 is 5.91 Å². The number of halogens is 3. The van der Waals surface area contributed by atoms with E-state index < -0.39 is 12.8 Å². The Morgan fingerprint density at radius 3 is 2.56 bits per heavy atom. The predicted molar refractivity (Wildman–Crippen MR) is 56.3 cm³/mol. The molecule has 1 aliphatic rings. The fraction of sp³-hybridized carbons (Fsp3) is 0.455. The van der Waals surface area contributed by atoms with Gasteiger partial charge in [-0.3, -0.25) is 4.79 Å². The van der Waals surface area contributed by atoms with Crippen molar-refractivity contribution in [2.24, 2.45) is 0 Å². The first-order valence-electron chi connectivity index (χ1n) is 5.40. The minimum Gasteiger partial charge on any atom is -0.468 e. The molecule has 4 nitrogen and oxygen atoms in total. The fourth-order valence-corrected chi connectivity index (χ4v) is 1.45. The number of aromatic nitrogens is 1. The molecular formula is C11H11F3N2O2. The van der Waals surface area contributed by atoms with Crippen LogP contribution >= 0.6 is 0 Å². The highest BCUT2D eigenvalue weighted by Gasteiger charge is 2.28. The quantitative estimate of drug-likeness (QED) is 0.833. The maximum atomic E-state index is 11.9. The van der Waals surface area contributed by atoms with Gasteiger partial charge in [0.05, 0.1) is 5.56 Å². The molecule has 2 heterocycles. The number of carbonyl (C=O) groups is 1. The minimum atomic E-state index is -4.40. The van der Waals surface area contributed by atoms with Crippen LogP contribution in [0.3, 0.4) is 0 Å². The van der Waals surface area contributed by atoms with Crippen LogP contribution in [-0.2, 0) is 0 Å². The Bertz CT molecular complexity index is 427. The van der Waals surface area contributed by atoms with E-state index in [2.05, 4.69) is 9.72 Å². The molecule has 7 heteroatoms. The van der Waals surface area contributed by atoms with E-state index in [4.69, 9.17) is 0 Å². The lowest BCUT2D eigenvalue weighted by atomic mass is 10.1. The lowest BCUT2D eigenvalue weighted by Gasteiger charge is -2.30. The van der Waals surface area contributed by atoms with Gasteiger partial charge in [-0.2, -0.15) is 13.2 Å². The van der Waals surface area contributed by atoms with E-state index in [1.165, 1.54) is 18.3 Å². The van der Waals surface area contributed by atoms with Gasteiger partial charge in [0.2, 0.25) is 5.88 Å². The molecule has 1 aliphatic heterocycles. The SMILES string of the molecule is O=C(c1ccc(OCC(F)(F)F)nc1)N1CCC1. The molecule has 1 amide bonds. The van der Waals surface area contributed by atoms with Crippen molar-refractivity contribution < 1.29 is 22.7 Å². The third-order valence-electron chi connectivity index (χ3n) is 2.51. The van der Waals surface area contributed by atoms with Gasteiger partial charge < -0.3 is 9.64 Å². The normalized spacial score (nSPS) is 15.2. The Labute approximate surface area is 101 Å². The van der Waals surface area contributed by atoms with Crippen molar-refractivity contribution in [2.75, 3.05) is 19.7 Å². The monoisotopic (exact) mass is 260 g/mol. The summed E-state index contributed by atoms with van der Waals surface area (Å²) in [4.78, 5) is 17.0. The molecule has 0 atom stereocenters. The molecule has 0 aromatic carbocycles. The van der Waals surface area contributed by atoms with Crippen LogP contribution in [0.5, 0.6) is 5.88 Å². The summed E-state index contributed by atoms with van der Waals surface area (Å²) < 4.78 is 40.1. The number of likely N-dealkylation sites (tertiary alicyclic amines) is 1. The van der Waals surface area contributed by atoms with E-state index in [1.807, 2.05) is 0 Å². The molecule has 0 aliphatic carbocycles. The minimum absolute atomic E-state index is 0.146. The number of ether oxygens (including phenoxy) is 1. The van der Waals surface area contributed by atoms with Gasteiger partial charge >= 0.3 is 6.18 Å². The van der Waals surface area contributed by atoms with Crippen molar-refractivity contribution in [3.05, 3.63) is 23.9 Å². The van der Waals surface area contributed by atoms with Gasteiger partial charge in [-0.1, -0.05) is 0 Å². The van der Waals surface area contributed by atoms with Gasteiger partial charge in [0.1, 0.15) is 0 Å². The van der Waals surface area contributed by atoms with Gasteiger partial charge in [-0.05, 0) is 12.5 Å². The summed E-state index contributed by atoms with van der Waals surface area (Å²) in [5, 5.41) is 0. The van der Waals surface area contributed by atoms with E-state index in [0.29, 0.717) is 18.7 Å². The van der Waals surface area contributed by atoms with Gasteiger partial charge in [-0.25, -0.2) is 4.98 Å². The van der Waals surface area contributed by atoms with Crippen LogP contribution in [0, 0.1) is 0 Å². The lowest BCUT2D eigenvalue weighted by molar-refractivity contribution is -0.154. The van der Waals surface area contributed by atoms with Crippen molar-refractivity contribution in [1.29, 1.82) is 0 Å². The first-order valence-corrected chi connectivity index (χ1v) is 5.40. The molecule has 1 aromatic heterocycles. The number of alkyl halides is 3. The molecule has 1 saturated heterocycles. The molecule has 98 valence electrons. The second-order valence-corrected chi connectivity index (χ2v) is 3.93. The van der Waals surface area contributed by atoms with E-state index in [1.54, 1.807) is 4.90 Å². The number of rotatable bonds is 3. The standard InChI is InChI=1S/C11H11F3N2O2/c12-11(13,14)7-18-9-3-2-8(6-15-9)10(17)16-4-1-5-16/h2-3,6H,1,4-5,7H2. The van der Waals surface area contributed by atoms with Crippen LogP contribution in [0.1, 0.15) is 16.8 Å². The summed E-state index contributed by atoms with van der Waals surface area (Å²) in [6.45, 7) is 0.0374. The van der Waals surface area contributed by atoms with Crippen molar-refractivity contribution in [3.63, 3.8) is 0 Å². The number of nitrogens with zero attached hydrogens (tertiary/aromatic N) is 2. The molecule has 18 heavy (non-hydrogen) atoms. The number of hydrogen-bond donors (Lipinski definition) is 0. The Balaban J connectivity index is 1.94. The van der Waals surface area contributed by atoms with Crippen molar-refractivity contribution in [1.82, 2.24) is 9.88 Å². The fourth-order valence-electron chi connectivity index (χ4n) is 1.45. The van der Waals surface area contributed by atoms with Gasteiger partial charge in [0.15, 0.2) is 6.61 Å². The molecule has 0 unspecified atom stereocenters. The number of pyridine rings is 1. The zero-order valence-electron chi connectivity index (χ0n) is 9.41. The van der Waals surface area contributed by atoms with Crippen molar-refractivity contribution in [3.8, 4) is 5.88 Å². The summed E-state index contributed by atoms with van der Waals surface area (Å²) in [5.41, 5.74) is 0.356. The summed E-state index contributed by atoms with van der Waals surface area (Å²) >= 11 is 0. The Morgan fingerprint density at radius 1 is 1.39 bits per heavy atom. The van der Waals surface area contributed by atoms with Crippen LogP contribution in [0.15, 0.2) is 18.3 Å². The topological polar surface area (TPSA) is 42.4 Å². The Kier molecular flexibility index (Phi) is 3.40. The second kappa shape index (κ2) is 4.83. The molecule has 1 aromatic rings. The molecule has 0 radical (unpaired) electrons. The molecule has 0 saturated carbocycles. The number of carbonyl (C=O) groups excluding carboxylic acids is 1. The van der Waals surface area contributed by atoms with Crippen LogP contribution in [0.4, 0.5) is 13.2 Å². The predicted octanol–water partition coefficient (Wildman–Crippen LogP) is 1.87. The smallest absolute Gasteiger partial charge is 0.422 e. The second-order valence-electron chi connectivity index (χ2n) is 3.93. The van der Waals surface area contributed by atoms with E-state index in [-0.39, 0.29) is 11.8 Å². The Morgan fingerprint density at radius 2 is 2.11 bits per heavy atom. The number of amides is 1. The van der Waals surface area contributed by atoms with Gasteiger partial charge in [-0.15, -0.1) is 0 Å². The lowest BCUT2D eigenvalue weighted by Crippen LogP contribution is -2.42. The summed E-state index contributed by atoms with van der Waals surface area (Å²) in [7, 11) is 0. The highest BCUT2D eigenvalue weighted by atomic mass is 19.4. The van der Waals surface area contributed by atoms with Crippen LogP contribution in [0.2, 0.25) is 0 Å². The highest BCUT2D eigenvalue weighted by molar-refractivity contribution is 5.94. The average Bonchev–Trinajstić information content (AvgIpc) is 2.23.